The third kappa shape index (κ3) is 6.41. The summed E-state index contributed by atoms with van der Waals surface area (Å²) in [5.74, 6) is 1.36. The van der Waals surface area contributed by atoms with E-state index in [1.165, 1.54) is 11.3 Å². The normalized spacial score (nSPS) is 14.9. The van der Waals surface area contributed by atoms with Gasteiger partial charge in [-0.2, -0.15) is 0 Å². The third-order valence-corrected chi connectivity index (χ3v) is 7.07. The van der Waals surface area contributed by atoms with Gasteiger partial charge in [-0.05, 0) is 35.2 Å². The number of rotatable bonds is 9. The number of carbonyl (C=O) groups excluding carboxylic acids is 2. The Kier molecular flexibility index (Phi) is 8.39. The van der Waals surface area contributed by atoms with Gasteiger partial charge in [-0.3, -0.25) is 14.5 Å². The molecule has 2 heterocycles. The van der Waals surface area contributed by atoms with Crippen LogP contribution >= 0.6 is 11.3 Å². The monoisotopic (exact) mass is 493 g/mol. The minimum Gasteiger partial charge on any atom is -0.497 e. The van der Waals surface area contributed by atoms with E-state index >= 15 is 0 Å². The fourth-order valence-electron chi connectivity index (χ4n) is 4.28. The molecule has 2 amide bonds. The van der Waals surface area contributed by atoms with E-state index in [9.17, 15) is 9.59 Å². The summed E-state index contributed by atoms with van der Waals surface area (Å²) in [5.41, 5.74) is 2.07. The maximum Gasteiger partial charge on any atom is 0.262 e. The van der Waals surface area contributed by atoms with Crippen molar-refractivity contribution in [3.63, 3.8) is 0 Å². The fourth-order valence-corrected chi connectivity index (χ4v) is 4.91. The molecular formula is C27H31N3O4S. The Balaban J connectivity index is 1.40. The Morgan fingerprint density at radius 1 is 0.971 bits per heavy atom. The summed E-state index contributed by atoms with van der Waals surface area (Å²) < 4.78 is 10.9. The summed E-state index contributed by atoms with van der Waals surface area (Å²) in [6.45, 7) is 3.40. The molecule has 1 N–H and O–H groups in total. The number of amides is 2. The molecule has 1 unspecified atom stereocenters. The molecule has 35 heavy (non-hydrogen) atoms. The molecule has 1 atom stereocenters. The predicted molar refractivity (Wildman–Crippen MR) is 137 cm³/mol. The second-order valence-corrected chi connectivity index (χ2v) is 9.42. The van der Waals surface area contributed by atoms with Gasteiger partial charge in [-0.15, -0.1) is 11.3 Å². The van der Waals surface area contributed by atoms with Gasteiger partial charge in [-0.1, -0.05) is 36.4 Å². The average Bonchev–Trinajstić information content (AvgIpc) is 3.44. The molecule has 7 nitrogen and oxygen atoms in total. The highest BCUT2D eigenvalue weighted by Crippen LogP contribution is 2.25. The number of nitrogens with zero attached hydrogens (tertiary/aromatic N) is 2. The van der Waals surface area contributed by atoms with Crippen molar-refractivity contribution >= 4 is 23.2 Å². The van der Waals surface area contributed by atoms with Crippen LogP contribution in [0.1, 0.15) is 20.8 Å². The molecule has 4 rings (SSSR count). The maximum absolute atomic E-state index is 13.5. The molecule has 0 aliphatic carbocycles. The summed E-state index contributed by atoms with van der Waals surface area (Å²) in [6, 6.07) is 18.6. The summed E-state index contributed by atoms with van der Waals surface area (Å²) in [7, 11) is 3.32. The van der Waals surface area contributed by atoms with E-state index < -0.39 is 6.04 Å². The highest BCUT2D eigenvalue weighted by Gasteiger charge is 2.29. The van der Waals surface area contributed by atoms with Gasteiger partial charge in [0.1, 0.15) is 17.5 Å². The lowest BCUT2D eigenvalue weighted by Gasteiger charge is -2.36. The van der Waals surface area contributed by atoms with Crippen LogP contribution in [-0.4, -0.2) is 68.1 Å². The number of carbonyl (C=O) groups is 2. The van der Waals surface area contributed by atoms with E-state index in [0.717, 1.165) is 35.7 Å². The van der Waals surface area contributed by atoms with Crippen LogP contribution in [0.4, 0.5) is 0 Å². The lowest BCUT2D eigenvalue weighted by molar-refractivity contribution is -0.135. The van der Waals surface area contributed by atoms with E-state index in [-0.39, 0.29) is 11.8 Å². The van der Waals surface area contributed by atoms with Gasteiger partial charge in [0.25, 0.3) is 5.91 Å². The first kappa shape index (κ1) is 24.8. The van der Waals surface area contributed by atoms with E-state index in [2.05, 4.69) is 10.2 Å². The molecule has 3 aromatic rings. The van der Waals surface area contributed by atoms with E-state index in [4.69, 9.17) is 9.47 Å². The zero-order valence-electron chi connectivity index (χ0n) is 20.1. The van der Waals surface area contributed by atoms with E-state index in [0.29, 0.717) is 30.9 Å². The van der Waals surface area contributed by atoms with Crippen molar-refractivity contribution < 1.29 is 19.1 Å². The van der Waals surface area contributed by atoms with Crippen molar-refractivity contribution in [1.29, 1.82) is 0 Å². The minimum atomic E-state index is -0.614. The zero-order valence-corrected chi connectivity index (χ0v) is 20.9. The molecule has 8 heteroatoms. The van der Waals surface area contributed by atoms with E-state index in [1.54, 1.807) is 20.3 Å². The van der Waals surface area contributed by atoms with Crippen molar-refractivity contribution in [2.75, 3.05) is 40.4 Å². The lowest BCUT2D eigenvalue weighted by atomic mass is 10.0. The molecule has 2 aromatic carbocycles. The molecule has 1 aliphatic heterocycles. The molecule has 0 radical (unpaired) electrons. The number of benzene rings is 2. The van der Waals surface area contributed by atoms with E-state index in [1.807, 2.05) is 64.9 Å². The molecule has 0 saturated carbocycles. The first-order valence-electron chi connectivity index (χ1n) is 11.7. The van der Waals surface area contributed by atoms with Crippen molar-refractivity contribution in [2.24, 2.45) is 0 Å². The number of ether oxygens (including phenoxy) is 2. The number of hydrogen-bond donors (Lipinski definition) is 1. The van der Waals surface area contributed by atoms with Gasteiger partial charge in [0.2, 0.25) is 5.91 Å². The number of thiophene rings is 1. The van der Waals surface area contributed by atoms with Crippen LogP contribution in [0.25, 0.3) is 0 Å². The minimum absolute atomic E-state index is 0.0441. The van der Waals surface area contributed by atoms with Gasteiger partial charge in [0.05, 0.1) is 19.1 Å². The summed E-state index contributed by atoms with van der Waals surface area (Å²) in [6.07, 6.45) is 0.456. The van der Waals surface area contributed by atoms with Gasteiger partial charge >= 0.3 is 0 Å². The molecule has 1 saturated heterocycles. The quantitative estimate of drug-likeness (QED) is 0.495. The Morgan fingerprint density at radius 3 is 2.40 bits per heavy atom. The Hall–Kier alpha value is -3.36. The van der Waals surface area contributed by atoms with Crippen LogP contribution in [0.15, 0.2) is 66.0 Å². The smallest absolute Gasteiger partial charge is 0.262 e. The van der Waals surface area contributed by atoms with Gasteiger partial charge < -0.3 is 19.7 Å². The fraction of sp³-hybridized carbons (Fsp3) is 0.333. The summed E-state index contributed by atoms with van der Waals surface area (Å²) >= 11 is 1.37. The topological polar surface area (TPSA) is 71.1 Å². The van der Waals surface area contributed by atoms with Crippen LogP contribution in [-0.2, 0) is 17.8 Å². The van der Waals surface area contributed by atoms with Crippen molar-refractivity contribution in [1.82, 2.24) is 15.1 Å². The van der Waals surface area contributed by atoms with Crippen molar-refractivity contribution in [3.05, 3.63) is 82.0 Å². The van der Waals surface area contributed by atoms with Crippen LogP contribution in [0, 0.1) is 0 Å². The standard InChI is InChI=1S/C27H31N3O4S/c1-33-22-10-11-24(34-2)21(18-22)19-29-12-14-30(15-13-29)27(32)23(17-20-7-4-3-5-8-20)28-26(31)25-9-6-16-35-25/h3-11,16,18,23H,12-15,17,19H2,1-2H3,(H,28,31). The molecular weight excluding hydrogens is 462 g/mol. The Morgan fingerprint density at radius 2 is 1.74 bits per heavy atom. The Labute approximate surface area is 210 Å². The molecule has 0 bridgehead atoms. The molecule has 1 aromatic heterocycles. The Bertz CT molecular complexity index is 1110. The second kappa shape index (κ2) is 11.9. The van der Waals surface area contributed by atoms with Crippen LogP contribution in [0.2, 0.25) is 0 Å². The molecule has 1 aliphatic rings. The summed E-state index contributed by atoms with van der Waals surface area (Å²) in [4.78, 5) is 31.0. The van der Waals surface area contributed by atoms with Crippen molar-refractivity contribution in [2.45, 2.75) is 19.0 Å². The summed E-state index contributed by atoms with van der Waals surface area (Å²) in [5, 5.41) is 4.84. The largest absolute Gasteiger partial charge is 0.497 e. The van der Waals surface area contributed by atoms with Gasteiger partial charge in [0, 0.05) is 44.7 Å². The first-order valence-corrected chi connectivity index (χ1v) is 12.6. The van der Waals surface area contributed by atoms with Crippen LogP contribution in [0.5, 0.6) is 11.5 Å². The second-order valence-electron chi connectivity index (χ2n) is 8.47. The lowest BCUT2D eigenvalue weighted by Crippen LogP contribution is -2.55. The van der Waals surface area contributed by atoms with Crippen molar-refractivity contribution in [3.8, 4) is 11.5 Å². The van der Waals surface area contributed by atoms with Gasteiger partial charge in [0.15, 0.2) is 0 Å². The number of piperazine rings is 1. The predicted octanol–water partition coefficient (Wildman–Crippen LogP) is 3.45. The number of methoxy groups -OCH3 is 2. The number of nitrogens with one attached hydrogen (secondary N) is 1. The van der Waals surface area contributed by atoms with Crippen LogP contribution < -0.4 is 14.8 Å². The zero-order chi connectivity index (χ0) is 24.6. The maximum atomic E-state index is 13.5. The molecule has 1 fully saturated rings. The molecule has 184 valence electrons. The SMILES string of the molecule is COc1ccc(OC)c(CN2CCN(C(=O)C(Cc3ccccc3)NC(=O)c3cccs3)CC2)c1. The first-order chi connectivity index (χ1) is 17.1. The average molecular weight is 494 g/mol. The number of hydrogen-bond acceptors (Lipinski definition) is 6. The highest BCUT2D eigenvalue weighted by atomic mass is 32.1. The van der Waals surface area contributed by atoms with Crippen LogP contribution in [0.3, 0.4) is 0 Å². The molecule has 0 spiro atoms. The van der Waals surface area contributed by atoms with Gasteiger partial charge in [-0.25, -0.2) is 0 Å². The third-order valence-electron chi connectivity index (χ3n) is 6.20. The highest BCUT2D eigenvalue weighted by molar-refractivity contribution is 7.12.